The summed E-state index contributed by atoms with van der Waals surface area (Å²) in [5, 5.41) is 9.24. The minimum atomic E-state index is -1.02. The van der Waals surface area contributed by atoms with Crippen molar-refractivity contribution in [2.45, 2.75) is 31.3 Å². The van der Waals surface area contributed by atoms with Crippen LogP contribution in [0.5, 0.6) is 0 Å². The predicted molar refractivity (Wildman–Crippen MR) is 64.2 cm³/mol. The summed E-state index contributed by atoms with van der Waals surface area (Å²) in [6, 6.07) is 0. The quantitative estimate of drug-likeness (QED) is 0.595. The maximum absolute atomic E-state index is 12.0. The van der Waals surface area contributed by atoms with Crippen molar-refractivity contribution in [3.05, 3.63) is 24.0 Å². The second-order valence-corrected chi connectivity index (χ2v) is 5.64. The van der Waals surface area contributed by atoms with E-state index in [4.69, 9.17) is 14.2 Å². The summed E-state index contributed by atoms with van der Waals surface area (Å²) in [6.45, 7) is 1.91. The molecule has 2 fully saturated rings. The summed E-state index contributed by atoms with van der Waals surface area (Å²) in [6.07, 6.45) is 4.54. The largest absolute Gasteiger partial charge is 0.478 e. The van der Waals surface area contributed by atoms with Crippen molar-refractivity contribution in [2.75, 3.05) is 0 Å². The topological polar surface area (TPSA) is 82.1 Å². The van der Waals surface area contributed by atoms with Gasteiger partial charge < -0.3 is 19.3 Å². The average Bonchev–Trinajstić information content (AvgIpc) is 3.00. The molecule has 1 spiro atoms. The van der Waals surface area contributed by atoms with Gasteiger partial charge >= 0.3 is 11.9 Å². The van der Waals surface area contributed by atoms with Gasteiger partial charge in [-0.15, -0.1) is 0 Å². The Morgan fingerprint density at radius 1 is 1.50 bits per heavy atom. The van der Waals surface area contributed by atoms with Crippen LogP contribution in [-0.4, -0.2) is 35.0 Å². The lowest BCUT2D eigenvalue weighted by atomic mass is 9.77. The molecule has 6 atom stereocenters. The summed E-state index contributed by atoms with van der Waals surface area (Å²) < 4.78 is 16.9. The van der Waals surface area contributed by atoms with Gasteiger partial charge in [-0.3, -0.25) is 4.79 Å². The third-order valence-electron chi connectivity index (χ3n) is 4.81. The second-order valence-electron chi connectivity index (χ2n) is 5.64. The van der Waals surface area contributed by atoms with E-state index in [1.807, 2.05) is 6.92 Å². The van der Waals surface area contributed by atoms with Gasteiger partial charge in [0.2, 0.25) is 6.29 Å². The van der Waals surface area contributed by atoms with E-state index in [1.165, 1.54) is 6.26 Å². The van der Waals surface area contributed by atoms with E-state index in [0.717, 1.165) is 0 Å². The van der Waals surface area contributed by atoms with Crippen molar-refractivity contribution in [3.63, 3.8) is 0 Å². The van der Waals surface area contributed by atoms with Gasteiger partial charge in [0.15, 0.2) is 5.60 Å². The fourth-order valence-electron chi connectivity index (χ4n) is 3.92. The first-order valence-electron chi connectivity index (χ1n) is 6.75. The molecule has 6 nitrogen and oxygen atoms in total. The Morgan fingerprint density at radius 2 is 2.30 bits per heavy atom. The van der Waals surface area contributed by atoms with Crippen LogP contribution in [0.4, 0.5) is 0 Å². The van der Waals surface area contributed by atoms with E-state index >= 15 is 0 Å². The molecule has 106 valence electrons. The maximum atomic E-state index is 12.0. The molecule has 0 saturated carbocycles. The van der Waals surface area contributed by atoms with Gasteiger partial charge in [0.1, 0.15) is 6.10 Å². The lowest BCUT2D eigenvalue weighted by Gasteiger charge is -2.32. The summed E-state index contributed by atoms with van der Waals surface area (Å²) >= 11 is 0. The summed E-state index contributed by atoms with van der Waals surface area (Å²) in [5.41, 5.74) is -0.679. The SMILES string of the molecule is CCC1C(=O)O[C@]23C=C[C@@H]4C(C(=O)O)=CO[C@H](O[C@@H]12)[C@@H]43. The van der Waals surface area contributed by atoms with Crippen molar-refractivity contribution in [1.29, 1.82) is 0 Å². The molecular formula is C14H14O6. The van der Waals surface area contributed by atoms with E-state index in [2.05, 4.69) is 0 Å². The molecule has 0 aromatic heterocycles. The molecule has 0 aromatic rings. The summed E-state index contributed by atoms with van der Waals surface area (Å²) in [5.74, 6) is -2.24. The number of carboxylic acid groups (broad SMARTS) is 1. The Bertz CT molecular complexity index is 564. The molecule has 0 radical (unpaired) electrons. The van der Waals surface area contributed by atoms with Gasteiger partial charge in [-0.1, -0.05) is 13.0 Å². The minimum absolute atomic E-state index is 0.180. The van der Waals surface area contributed by atoms with Crippen LogP contribution in [0.1, 0.15) is 13.3 Å². The Kier molecular flexibility index (Phi) is 2.17. The number of carbonyl (C=O) groups is 2. The molecule has 20 heavy (non-hydrogen) atoms. The predicted octanol–water partition coefficient (Wildman–Crippen LogP) is 0.834. The molecule has 6 heteroatoms. The number of aliphatic carboxylic acids is 1. The number of rotatable bonds is 2. The number of carbonyl (C=O) groups excluding carboxylic acids is 1. The molecule has 3 heterocycles. The van der Waals surface area contributed by atoms with Crippen molar-refractivity contribution in [1.82, 2.24) is 0 Å². The van der Waals surface area contributed by atoms with E-state index in [0.29, 0.717) is 6.42 Å². The first-order chi connectivity index (χ1) is 9.58. The lowest BCUT2D eigenvalue weighted by molar-refractivity contribution is -0.162. The Hall–Kier alpha value is -1.82. The van der Waals surface area contributed by atoms with Gasteiger partial charge in [0.05, 0.1) is 23.7 Å². The van der Waals surface area contributed by atoms with E-state index in [1.54, 1.807) is 12.2 Å². The highest BCUT2D eigenvalue weighted by atomic mass is 16.7. The van der Waals surface area contributed by atoms with Crippen LogP contribution in [0.3, 0.4) is 0 Å². The molecule has 0 bridgehead atoms. The monoisotopic (exact) mass is 278 g/mol. The number of hydrogen-bond donors (Lipinski definition) is 1. The molecule has 1 unspecified atom stereocenters. The van der Waals surface area contributed by atoms with Gasteiger partial charge in [-0.25, -0.2) is 4.79 Å². The first kappa shape index (κ1) is 12.0. The summed E-state index contributed by atoms with van der Waals surface area (Å²) in [7, 11) is 0. The van der Waals surface area contributed by atoms with Gasteiger partial charge in [-0.2, -0.15) is 0 Å². The Labute approximate surface area is 115 Å². The van der Waals surface area contributed by atoms with Crippen LogP contribution >= 0.6 is 0 Å². The number of allylic oxidation sites excluding steroid dienone is 1. The third kappa shape index (κ3) is 1.18. The lowest BCUT2D eigenvalue weighted by Crippen LogP contribution is -2.43. The van der Waals surface area contributed by atoms with Crippen LogP contribution in [0, 0.1) is 17.8 Å². The van der Waals surface area contributed by atoms with Gasteiger partial charge in [0.25, 0.3) is 0 Å². The number of esters is 1. The molecule has 4 aliphatic rings. The third-order valence-corrected chi connectivity index (χ3v) is 4.81. The Balaban J connectivity index is 1.78. The molecule has 1 N–H and O–H groups in total. The van der Waals surface area contributed by atoms with Crippen molar-refractivity contribution >= 4 is 11.9 Å². The summed E-state index contributed by atoms with van der Waals surface area (Å²) in [4.78, 5) is 23.3. The zero-order valence-corrected chi connectivity index (χ0v) is 10.8. The Morgan fingerprint density at radius 3 is 3.00 bits per heavy atom. The van der Waals surface area contributed by atoms with Crippen LogP contribution < -0.4 is 0 Å². The standard InChI is InChI=1S/C14H14O6/c1-2-6-10-14(20-12(6)17)4-3-7-8(11(15)16)5-18-13(19-10)9(7)14/h3-7,9-10,13H,2H2,1H3,(H,15,16)/t6?,7-,9-,10+,13-,14+/m1/s1. The maximum Gasteiger partial charge on any atom is 0.335 e. The zero-order valence-electron chi connectivity index (χ0n) is 10.8. The number of carboxylic acids is 1. The van der Waals surface area contributed by atoms with Gasteiger partial charge in [0, 0.05) is 5.92 Å². The number of hydrogen-bond acceptors (Lipinski definition) is 5. The smallest absolute Gasteiger partial charge is 0.335 e. The van der Waals surface area contributed by atoms with Crippen molar-refractivity contribution in [3.8, 4) is 0 Å². The van der Waals surface area contributed by atoms with E-state index in [-0.39, 0.29) is 29.3 Å². The molecular weight excluding hydrogens is 264 g/mol. The van der Waals surface area contributed by atoms with Crippen LogP contribution in [0.15, 0.2) is 24.0 Å². The van der Waals surface area contributed by atoms with E-state index < -0.39 is 24.0 Å². The second kappa shape index (κ2) is 3.63. The number of ether oxygens (including phenoxy) is 3. The molecule has 0 amide bonds. The van der Waals surface area contributed by atoms with Crippen LogP contribution in [0.2, 0.25) is 0 Å². The van der Waals surface area contributed by atoms with Crippen molar-refractivity contribution < 1.29 is 28.9 Å². The molecule has 3 aliphatic heterocycles. The van der Waals surface area contributed by atoms with Gasteiger partial charge in [-0.05, 0) is 12.5 Å². The van der Waals surface area contributed by atoms with Crippen LogP contribution in [0.25, 0.3) is 0 Å². The zero-order chi connectivity index (χ0) is 14.1. The molecule has 0 aromatic carbocycles. The first-order valence-corrected chi connectivity index (χ1v) is 6.75. The minimum Gasteiger partial charge on any atom is -0.478 e. The molecule has 2 saturated heterocycles. The van der Waals surface area contributed by atoms with E-state index in [9.17, 15) is 14.7 Å². The van der Waals surface area contributed by atoms with Crippen molar-refractivity contribution in [2.24, 2.45) is 17.8 Å². The molecule has 4 rings (SSSR count). The van der Waals surface area contributed by atoms with Crippen LogP contribution in [-0.2, 0) is 23.8 Å². The fraction of sp³-hybridized carbons (Fsp3) is 0.571. The highest BCUT2D eigenvalue weighted by Gasteiger charge is 2.71. The highest BCUT2D eigenvalue weighted by molar-refractivity contribution is 5.88. The highest BCUT2D eigenvalue weighted by Crippen LogP contribution is 2.58. The normalized spacial score (nSPS) is 47.4. The molecule has 1 aliphatic carbocycles. The fourth-order valence-corrected chi connectivity index (χ4v) is 3.92. The average molecular weight is 278 g/mol.